The topological polar surface area (TPSA) is 12.0 Å². The van der Waals surface area contributed by atoms with Crippen LogP contribution in [-0.4, -0.2) is 13.1 Å². The van der Waals surface area contributed by atoms with Crippen molar-refractivity contribution < 1.29 is 0 Å². The van der Waals surface area contributed by atoms with Crippen molar-refractivity contribution >= 4 is 28.3 Å². The molecule has 0 aromatic carbocycles. The number of rotatable bonds is 0. The first-order chi connectivity index (χ1) is 3.77. The number of hydrogen-bond acceptors (Lipinski definition) is 1. The molecule has 1 aliphatic heterocycles. The fourth-order valence-corrected chi connectivity index (χ4v) is 1.18. The second kappa shape index (κ2) is 3.46. The maximum atomic E-state index is 3.16. The van der Waals surface area contributed by atoms with Gasteiger partial charge in [-0.05, 0) is 11.8 Å². The highest BCUT2D eigenvalue weighted by molar-refractivity contribution is 9.12. The monoisotopic (exact) mass is 209 g/mol. The van der Waals surface area contributed by atoms with E-state index in [1.54, 1.807) is 0 Å². The van der Waals surface area contributed by atoms with Crippen LogP contribution in [0.25, 0.3) is 0 Å². The molecule has 9 heavy (non-hydrogen) atoms. The van der Waals surface area contributed by atoms with E-state index < -0.39 is 0 Å². The van der Waals surface area contributed by atoms with Crippen LogP contribution in [-0.2, 0) is 0 Å². The van der Waals surface area contributed by atoms with Crippen LogP contribution in [0.4, 0.5) is 0 Å². The van der Waals surface area contributed by atoms with Crippen molar-refractivity contribution in [3.63, 3.8) is 0 Å². The van der Waals surface area contributed by atoms with Crippen LogP contribution in [0.2, 0.25) is 0 Å². The lowest BCUT2D eigenvalue weighted by Crippen LogP contribution is -2.50. The van der Waals surface area contributed by atoms with Gasteiger partial charge >= 0.3 is 0 Å². The van der Waals surface area contributed by atoms with Gasteiger partial charge in [0.15, 0.2) is 0 Å². The lowest BCUT2D eigenvalue weighted by molar-refractivity contribution is 0.284. The lowest BCUT2D eigenvalue weighted by Gasteiger charge is -2.33. The Balaban J connectivity index is 0.000000640. The number of nitrogens with one attached hydrogen (secondary N) is 1. The normalized spacial score (nSPS) is 20.2. The standard InChI is InChI=1S/C6H8BrN.ClH/c1-6(2-3-7)4-8-5-6;/h8H,4-5H2,1H3;1H. The molecule has 0 aliphatic carbocycles. The molecular formula is C6H9BrClN. The van der Waals surface area contributed by atoms with Crippen LogP contribution < -0.4 is 5.32 Å². The summed E-state index contributed by atoms with van der Waals surface area (Å²) in [6.07, 6.45) is 0. The van der Waals surface area contributed by atoms with Gasteiger partial charge in [0.25, 0.3) is 0 Å². The largest absolute Gasteiger partial charge is 0.314 e. The summed E-state index contributed by atoms with van der Waals surface area (Å²) in [5, 5.41) is 3.16. The minimum absolute atomic E-state index is 0. The van der Waals surface area contributed by atoms with Crippen molar-refractivity contribution in [3.05, 3.63) is 0 Å². The molecule has 52 valence electrons. The lowest BCUT2D eigenvalue weighted by atomic mass is 9.86. The van der Waals surface area contributed by atoms with Crippen LogP contribution in [0.3, 0.4) is 0 Å². The molecule has 3 heteroatoms. The Hall–Kier alpha value is 0.290. The zero-order valence-electron chi connectivity index (χ0n) is 5.20. The molecular weight excluding hydrogens is 201 g/mol. The smallest absolute Gasteiger partial charge is 0.0543 e. The summed E-state index contributed by atoms with van der Waals surface area (Å²) >= 11 is 3.07. The molecule has 0 aromatic heterocycles. The van der Waals surface area contributed by atoms with E-state index >= 15 is 0 Å². The van der Waals surface area contributed by atoms with Crippen molar-refractivity contribution in [2.75, 3.05) is 13.1 Å². The fourth-order valence-electron chi connectivity index (χ4n) is 0.702. The van der Waals surface area contributed by atoms with Gasteiger partial charge in [0.05, 0.1) is 5.41 Å². The molecule has 0 aromatic rings. The van der Waals surface area contributed by atoms with Crippen molar-refractivity contribution in [1.29, 1.82) is 0 Å². The predicted octanol–water partition coefficient (Wildman–Crippen LogP) is 1.37. The van der Waals surface area contributed by atoms with Gasteiger partial charge in [-0.1, -0.05) is 5.92 Å². The fraction of sp³-hybridized carbons (Fsp3) is 0.667. The summed E-state index contributed by atoms with van der Waals surface area (Å²) in [4.78, 5) is 2.73. The SMILES string of the molecule is CC1(C#CBr)CNC1.Cl. The molecule has 0 radical (unpaired) electrons. The van der Waals surface area contributed by atoms with Gasteiger partial charge in [-0.3, -0.25) is 0 Å². The van der Waals surface area contributed by atoms with E-state index in [0.29, 0.717) is 0 Å². The molecule has 0 bridgehead atoms. The quantitative estimate of drug-likeness (QED) is 0.596. The van der Waals surface area contributed by atoms with E-state index in [0.717, 1.165) is 13.1 Å². The predicted molar refractivity (Wildman–Crippen MR) is 44.9 cm³/mol. The van der Waals surface area contributed by atoms with E-state index in [4.69, 9.17) is 0 Å². The van der Waals surface area contributed by atoms with Gasteiger partial charge in [0, 0.05) is 29.0 Å². The molecule has 0 spiro atoms. The third-order valence-corrected chi connectivity index (χ3v) is 1.58. The van der Waals surface area contributed by atoms with Crippen LogP contribution in [0, 0.1) is 16.2 Å². The van der Waals surface area contributed by atoms with Gasteiger partial charge in [-0.15, -0.1) is 12.4 Å². The van der Waals surface area contributed by atoms with Crippen LogP contribution in [0.1, 0.15) is 6.92 Å². The molecule has 0 atom stereocenters. The Kier molecular flexibility index (Phi) is 3.57. The molecule has 1 fully saturated rings. The molecule has 1 heterocycles. The van der Waals surface area contributed by atoms with E-state index in [2.05, 4.69) is 38.9 Å². The minimum Gasteiger partial charge on any atom is -0.314 e. The molecule has 1 saturated heterocycles. The highest BCUT2D eigenvalue weighted by Crippen LogP contribution is 2.19. The van der Waals surface area contributed by atoms with E-state index in [-0.39, 0.29) is 17.8 Å². The van der Waals surface area contributed by atoms with Crippen LogP contribution in [0.5, 0.6) is 0 Å². The summed E-state index contributed by atoms with van der Waals surface area (Å²) < 4.78 is 0. The maximum absolute atomic E-state index is 3.16. The van der Waals surface area contributed by atoms with E-state index in [9.17, 15) is 0 Å². The highest BCUT2D eigenvalue weighted by atomic mass is 79.9. The number of halogens is 2. The molecule has 1 nitrogen and oxygen atoms in total. The molecule has 1 rings (SSSR count). The highest BCUT2D eigenvalue weighted by Gasteiger charge is 2.28. The Morgan fingerprint density at radius 1 is 1.56 bits per heavy atom. The van der Waals surface area contributed by atoms with Crippen molar-refractivity contribution in [2.24, 2.45) is 5.41 Å². The zero-order valence-corrected chi connectivity index (χ0v) is 7.60. The van der Waals surface area contributed by atoms with Gasteiger partial charge in [-0.2, -0.15) is 0 Å². The Bertz CT molecular complexity index is 143. The van der Waals surface area contributed by atoms with E-state index in [1.165, 1.54) is 0 Å². The van der Waals surface area contributed by atoms with Crippen LogP contribution >= 0.6 is 28.3 Å². The van der Waals surface area contributed by atoms with Gasteiger partial charge in [-0.25, -0.2) is 0 Å². The molecule has 0 saturated carbocycles. The molecule has 1 N–H and O–H groups in total. The van der Waals surface area contributed by atoms with Gasteiger partial charge in [0.2, 0.25) is 0 Å². The Morgan fingerprint density at radius 2 is 2.11 bits per heavy atom. The van der Waals surface area contributed by atoms with Gasteiger partial charge in [0.1, 0.15) is 0 Å². The van der Waals surface area contributed by atoms with E-state index in [1.807, 2.05) is 0 Å². The first-order valence-corrected chi connectivity index (χ1v) is 3.40. The van der Waals surface area contributed by atoms with Crippen molar-refractivity contribution in [2.45, 2.75) is 6.92 Å². The third-order valence-electron chi connectivity index (χ3n) is 1.38. The summed E-state index contributed by atoms with van der Waals surface area (Å²) in [7, 11) is 0. The van der Waals surface area contributed by atoms with Crippen LogP contribution in [0.15, 0.2) is 0 Å². The summed E-state index contributed by atoms with van der Waals surface area (Å²) in [6, 6.07) is 0. The summed E-state index contributed by atoms with van der Waals surface area (Å²) in [5.41, 5.74) is 0.253. The Labute approximate surface area is 70.1 Å². The molecule has 1 aliphatic rings. The average Bonchev–Trinajstić information content (AvgIpc) is 1.64. The number of hydrogen-bond donors (Lipinski definition) is 1. The molecule has 0 unspecified atom stereocenters. The van der Waals surface area contributed by atoms with Crippen molar-refractivity contribution in [1.82, 2.24) is 5.32 Å². The Morgan fingerprint density at radius 3 is 2.22 bits per heavy atom. The average molecular weight is 211 g/mol. The first kappa shape index (κ1) is 9.29. The molecule has 0 amide bonds. The summed E-state index contributed by atoms with van der Waals surface area (Å²) in [5.74, 6) is 3.06. The second-order valence-corrected chi connectivity index (χ2v) is 2.78. The second-order valence-electron chi connectivity index (χ2n) is 2.38. The first-order valence-electron chi connectivity index (χ1n) is 2.60. The third kappa shape index (κ3) is 2.17. The maximum Gasteiger partial charge on any atom is 0.0543 e. The zero-order chi connectivity index (χ0) is 6.04. The minimum atomic E-state index is 0. The summed E-state index contributed by atoms with van der Waals surface area (Å²) in [6.45, 7) is 4.22. The van der Waals surface area contributed by atoms with Gasteiger partial charge < -0.3 is 5.32 Å². The van der Waals surface area contributed by atoms with Crippen molar-refractivity contribution in [3.8, 4) is 10.8 Å².